The Kier molecular flexibility index (Phi) is 21.0. The number of rotatable bonds is 22. The van der Waals surface area contributed by atoms with E-state index in [1.54, 1.807) is 6.92 Å². The van der Waals surface area contributed by atoms with E-state index in [1.807, 2.05) is 0 Å². The third-order valence-electron chi connectivity index (χ3n) is 3.08. The molecule has 0 aliphatic rings. The van der Waals surface area contributed by atoms with Gasteiger partial charge in [0.25, 0.3) is 0 Å². The second kappa shape index (κ2) is 22.0. The molecule has 1 N–H and O–H groups in total. The van der Waals surface area contributed by atoms with E-state index in [0.717, 1.165) is 0 Å². The second-order valence-corrected chi connectivity index (χ2v) is 5.37. The summed E-state index contributed by atoms with van der Waals surface area (Å²) in [4.78, 5) is 21.3. The van der Waals surface area contributed by atoms with Crippen molar-refractivity contribution in [3.05, 3.63) is 0 Å². The van der Waals surface area contributed by atoms with E-state index in [-0.39, 0.29) is 25.4 Å². The smallest absolute Gasteiger partial charge is 0.308 e. The van der Waals surface area contributed by atoms with Gasteiger partial charge >= 0.3 is 11.9 Å². The van der Waals surface area contributed by atoms with Gasteiger partial charge in [0.2, 0.25) is 0 Å². The van der Waals surface area contributed by atoms with Gasteiger partial charge in [0.05, 0.1) is 98.7 Å². The third kappa shape index (κ3) is 22.7. The fourth-order valence-electron chi connectivity index (χ4n) is 1.75. The van der Waals surface area contributed by atoms with Crippen molar-refractivity contribution in [3.63, 3.8) is 0 Å². The highest BCUT2D eigenvalue weighted by molar-refractivity contribution is 5.69. The van der Waals surface area contributed by atoms with Crippen LogP contribution in [0.15, 0.2) is 0 Å². The maximum atomic E-state index is 11.1. The topological polar surface area (TPSA) is 119 Å². The van der Waals surface area contributed by atoms with Crippen molar-refractivity contribution in [1.82, 2.24) is 0 Å². The average molecular weight is 410 g/mol. The van der Waals surface area contributed by atoms with Crippen LogP contribution in [0.25, 0.3) is 0 Å². The molecule has 0 atom stereocenters. The molecule has 0 heterocycles. The minimum absolute atomic E-state index is 0.000939. The summed E-state index contributed by atoms with van der Waals surface area (Å²) in [7, 11) is 0. The number of carboxylic acid groups (broad SMARTS) is 1. The zero-order valence-electron chi connectivity index (χ0n) is 16.7. The van der Waals surface area contributed by atoms with Gasteiger partial charge < -0.3 is 38.3 Å². The van der Waals surface area contributed by atoms with Crippen LogP contribution in [-0.4, -0.2) is 103 Å². The SMILES string of the molecule is CCOC(=O)CCOCCOCCOCCOCCOCCOCCC(=O)O. The van der Waals surface area contributed by atoms with Crippen LogP contribution in [0.2, 0.25) is 0 Å². The van der Waals surface area contributed by atoms with Gasteiger partial charge in [-0.15, -0.1) is 0 Å². The summed E-state index contributed by atoms with van der Waals surface area (Å²) in [5.74, 6) is -1.13. The van der Waals surface area contributed by atoms with Crippen LogP contribution in [0, 0.1) is 0 Å². The number of ether oxygens (including phenoxy) is 7. The Labute approximate surface area is 166 Å². The Morgan fingerprint density at radius 3 is 1.21 bits per heavy atom. The first kappa shape index (κ1) is 26.7. The van der Waals surface area contributed by atoms with Crippen LogP contribution in [0.4, 0.5) is 0 Å². The fraction of sp³-hybridized carbons (Fsp3) is 0.889. The molecule has 0 unspecified atom stereocenters. The molecule has 0 bridgehead atoms. The highest BCUT2D eigenvalue weighted by Crippen LogP contribution is 1.89. The van der Waals surface area contributed by atoms with Gasteiger partial charge in [-0.25, -0.2) is 0 Å². The number of carboxylic acids is 1. The van der Waals surface area contributed by atoms with Crippen LogP contribution in [0.5, 0.6) is 0 Å². The molecule has 0 fully saturated rings. The van der Waals surface area contributed by atoms with Crippen LogP contribution in [0.1, 0.15) is 19.8 Å². The molecular formula is C18H34O10. The van der Waals surface area contributed by atoms with Gasteiger partial charge in [-0.1, -0.05) is 0 Å². The van der Waals surface area contributed by atoms with Gasteiger partial charge in [-0.2, -0.15) is 0 Å². The molecule has 0 aromatic carbocycles. The Bertz CT molecular complexity index is 364. The van der Waals surface area contributed by atoms with Crippen LogP contribution < -0.4 is 0 Å². The van der Waals surface area contributed by atoms with Crippen molar-refractivity contribution < 1.29 is 47.9 Å². The Hall–Kier alpha value is -1.30. The van der Waals surface area contributed by atoms with Gasteiger partial charge in [-0.05, 0) is 6.92 Å². The standard InChI is InChI=1S/C18H34O10/c1-2-28-18(21)4-6-23-8-10-25-12-14-27-16-15-26-13-11-24-9-7-22-5-3-17(19)20/h2-16H2,1H3,(H,19,20). The largest absolute Gasteiger partial charge is 0.481 e. The molecule has 10 nitrogen and oxygen atoms in total. The Balaban J connectivity index is 3.05. The molecule has 0 aromatic heterocycles. The van der Waals surface area contributed by atoms with Gasteiger partial charge in [0.1, 0.15) is 0 Å². The predicted octanol–water partition coefficient (Wildman–Crippen LogP) is 0.514. The Morgan fingerprint density at radius 1 is 0.571 bits per heavy atom. The minimum Gasteiger partial charge on any atom is -0.481 e. The highest BCUT2D eigenvalue weighted by Gasteiger charge is 2.00. The maximum Gasteiger partial charge on any atom is 0.308 e. The Morgan fingerprint density at radius 2 is 0.893 bits per heavy atom. The number of hydrogen-bond donors (Lipinski definition) is 1. The number of carbonyl (C=O) groups is 2. The molecule has 0 rings (SSSR count). The molecule has 0 saturated heterocycles. The number of carbonyl (C=O) groups excluding carboxylic acids is 1. The van der Waals surface area contributed by atoms with Crippen molar-refractivity contribution in [3.8, 4) is 0 Å². The minimum atomic E-state index is -0.875. The van der Waals surface area contributed by atoms with E-state index in [2.05, 4.69) is 0 Å². The van der Waals surface area contributed by atoms with E-state index in [4.69, 9.17) is 38.3 Å². The van der Waals surface area contributed by atoms with Crippen LogP contribution in [0.3, 0.4) is 0 Å². The first-order chi connectivity index (χ1) is 13.7. The van der Waals surface area contributed by atoms with Crippen molar-refractivity contribution in [1.29, 1.82) is 0 Å². The molecule has 0 spiro atoms. The van der Waals surface area contributed by atoms with Crippen molar-refractivity contribution in [2.24, 2.45) is 0 Å². The summed E-state index contributed by atoms with van der Waals surface area (Å²) in [5, 5.41) is 8.42. The van der Waals surface area contributed by atoms with Gasteiger partial charge in [0, 0.05) is 0 Å². The van der Waals surface area contributed by atoms with Gasteiger partial charge in [-0.3, -0.25) is 9.59 Å². The van der Waals surface area contributed by atoms with E-state index < -0.39 is 5.97 Å². The summed E-state index contributed by atoms with van der Waals surface area (Å²) >= 11 is 0. The number of esters is 1. The van der Waals surface area contributed by atoms with E-state index in [1.165, 1.54) is 0 Å². The van der Waals surface area contributed by atoms with Gasteiger partial charge in [0.15, 0.2) is 0 Å². The van der Waals surface area contributed by atoms with Crippen molar-refractivity contribution >= 4 is 11.9 Å². The summed E-state index contributed by atoms with van der Waals surface area (Å²) in [6.07, 6.45) is 0.252. The third-order valence-corrected chi connectivity index (χ3v) is 3.08. The molecule has 0 aliphatic carbocycles. The lowest BCUT2D eigenvalue weighted by molar-refractivity contribution is -0.144. The summed E-state index contributed by atoms with van der Waals surface area (Å²) in [6.45, 7) is 7.09. The predicted molar refractivity (Wildman–Crippen MR) is 98.4 cm³/mol. The first-order valence-electron chi connectivity index (χ1n) is 9.50. The molecule has 0 aromatic rings. The zero-order valence-corrected chi connectivity index (χ0v) is 16.7. The highest BCUT2D eigenvalue weighted by atomic mass is 16.6. The molecule has 10 heteroatoms. The van der Waals surface area contributed by atoms with Crippen molar-refractivity contribution in [2.75, 3.05) is 85.9 Å². The summed E-state index contributed by atoms with van der Waals surface area (Å²) in [6, 6.07) is 0. The average Bonchev–Trinajstić information content (AvgIpc) is 2.66. The summed E-state index contributed by atoms with van der Waals surface area (Å²) < 4.78 is 36.4. The maximum absolute atomic E-state index is 11.1. The fourth-order valence-corrected chi connectivity index (χ4v) is 1.75. The number of aliphatic carboxylic acids is 1. The quantitative estimate of drug-likeness (QED) is 0.200. The lowest BCUT2D eigenvalue weighted by Gasteiger charge is -2.08. The zero-order chi connectivity index (χ0) is 20.7. The molecule has 0 aliphatic heterocycles. The number of hydrogen-bond acceptors (Lipinski definition) is 9. The van der Waals surface area contributed by atoms with E-state index >= 15 is 0 Å². The van der Waals surface area contributed by atoms with Crippen LogP contribution >= 0.6 is 0 Å². The van der Waals surface area contributed by atoms with Crippen molar-refractivity contribution in [2.45, 2.75) is 19.8 Å². The van der Waals surface area contributed by atoms with E-state index in [9.17, 15) is 9.59 Å². The monoisotopic (exact) mass is 410 g/mol. The van der Waals surface area contributed by atoms with E-state index in [0.29, 0.717) is 79.3 Å². The lowest BCUT2D eigenvalue weighted by Crippen LogP contribution is -2.14. The summed E-state index contributed by atoms with van der Waals surface area (Å²) in [5.41, 5.74) is 0. The van der Waals surface area contributed by atoms with Crippen LogP contribution in [-0.2, 0) is 42.7 Å². The second-order valence-electron chi connectivity index (χ2n) is 5.37. The molecule has 166 valence electrons. The first-order valence-corrected chi connectivity index (χ1v) is 9.50. The molecule has 0 amide bonds. The lowest BCUT2D eigenvalue weighted by atomic mass is 10.5. The molecule has 0 saturated carbocycles. The normalized spacial score (nSPS) is 10.9. The molecule has 28 heavy (non-hydrogen) atoms. The molecular weight excluding hydrogens is 376 g/mol. The molecule has 0 radical (unpaired) electrons.